The summed E-state index contributed by atoms with van der Waals surface area (Å²) in [6.45, 7) is 8.77. The summed E-state index contributed by atoms with van der Waals surface area (Å²) in [7, 11) is 3.71. The van der Waals surface area contributed by atoms with Crippen LogP contribution in [-0.4, -0.2) is 24.2 Å². The van der Waals surface area contributed by atoms with E-state index >= 15 is 0 Å². The monoisotopic (exact) mass is 177 g/mol. The van der Waals surface area contributed by atoms with Gasteiger partial charge in [0, 0.05) is 20.3 Å². The van der Waals surface area contributed by atoms with Gasteiger partial charge in [0.15, 0.2) is 5.76 Å². The Kier molecular flexibility index (Phi) is 2.70. The van der Waals surface area contributed by atoms with Crippen LogP contribution in [0.2, 0.25) is 0 Å². The van der Waals surface area contributed by atoms with Crippen LogP contribution in [0.5, 0.6) is 0 Å². The van der Waals surface area contributed by atoms with E-state index in [0.717, 1.165) is 5.69 Å². The summed E-state index contributed by atoms with van der Waals surface area (Å²) in [4.78, 5) is 5.14. The topological polar surface area (TPSA) is 33.6 Å². The van der Waals surface area contributed by atoms with Gasteiger partial charge >= 0.3 is 0 Å². The molecule has 0 atom stereocenters. The molecule has 0 unspecified atom stereocenters. The van der Waals surface area contributed by atoms with Gasteiger partial charge in [-0.05, 0) is 13.0 Å². The number of nitrogens with zero attached hydrogens (tertiary/aromatic N) is 3. The molecular weight excluding hydrogens is 166 g/mol. The van der Waals surface area contributed by atoms with E-state index in [-0.39, 0.29) is 0 Å². The molecule has 1 rings (SSSR count). The maximum Gasteiger partial charge on any atom is 0.246 e. The Morgan fingerprint density at radius 1 is 1.69 bits per heavy atom. The minimum absolute atomic E-state index is 0.464. The van der Waals surface area contributed by atoms with E-state index in [9.17, 15) is 0 Å². The van der Waals surface area contributed by atoms with Crippen molar-refractivity contribution in [1.29, 1.82) is 0 Å². The largest absolute Gasteiger partial charge is 0.393 e. The quantitative estimate of drug-likeness (QED) is 0.645. The van der Waals surface area contributed by atoms with Gasteiger partial charge in [-0.2, -0.15) is 0 Å². The first kappa shape index (κ1) is 9.33. The molecule has 0 bridgehead atoms. The molecule has 1 aromatic heterocycles. The average Bonchev–Trinajstić information content (AvgIpc) is 2.47. The first-order chi connectivity index (χ1) is 6.13. The Labute approximate surface area is 77.3 Å². The second-order valence-electron chi connectivity index (χ2n) is 2.92. The number of rotatable bonds is 2. The zero-order valence-corrected chi connectivity index (χ0v) is 7.90. The Bertz CT molecular complexity index is 357. The van der Waals surface area contributed by atoms with Crippen LogP contribution in [-0.2, 0) is 0 Å². The summed E-state index contributed by atoms with van der Waals surface area (Å²) in [5.74, 6) is 0.515. The zero-order chi connectivity index (χ0) is 9.84. The molecule has 0 aliphatic heterocycles. The predicted octanol–water partition coefficient (Wildman–Crippen LogP) is 1.76. The molecule has 0 saturated heterocycles. The van der Waals surface area contributed by atoms with Crippen molar-refractivity contribution in [3.05, 3.63) is 35.1 Å². The second-order valence-corrected chi connectivity index (χ2v) is 2.92. The maximum atomic E-state index is 6.94. The van der Waals surface area contributed by atoms with E-state index in [4.69, 9.17) is 11.1 Å². The third-order valence-electron chi connectivity index (χ3n) is 1.38. The summed E-state index contributed by atoms with van der Waals surface area (Å²) in [6, 6.07) is 1.74. The summed E-state index contributed by atoms with van der Waals surface area (Å²) in [5, 5.41) is 3.72. The van der Waals surface area contributed by atoms with Crippen LogP contribution in [0.25, 0.3) is 10.5 Å². The predicted molar refractivity (Wildman–Crippen MR) is 49.5 cm³/mol. The van der Waals surface area contributed by atoms with Crippen LogP contribution in [0.4, 0.5) is 0 Å². The van der Waals surface area contributed by atoms with E-state index < -0.39 is 0 Å². The maximum absolute atomic E-state index is 6.94. The highest BCUT2D eigenvalue weighted by molar-refractivity contribution is 5.66. The lowest BCUT2D eigenvalue weighted by Gasteiger charge is -2.03. The highest BCUT2D eigenvalue weighted by Gasteiger charge is 2.07. The van der Waals surface area contributed by atoms with Crippen LogP contribution in [0.15, 0.2) is 16.8 Å². The van der Waals surface area contributed by atoms with Gasteiger partial charge in [-0.15, -0.1) is 0 Å². The lowest BCUT2D eigenvalue weighted by molar-refractivity contribution is 0.405. The van der Waals surface area contributed by atoms with Crippen molar-refractivity contribution in [2.75, 3.05) is 14.1 Å². The number of aromatic nitrogens is 1. The van der Waals surface area contributed by atoms with Crippen LogP contribution >= 0.6 is 0 Å². The molecule has 0 fully saturated rings. The highest BCUT2D eigenvalue weighted by atomic mass is 16.5. The van der Waals surface area contributed by atoms with E-state index in [2.05, 4.69) is 10.0 Å². The second kappa shape index (κ2) is 3.76. The minimum atomic E-state index is 0.464. The van der Waals surface area contributed by atoms with E-state index in [0.29, 0.717) is 11.5 Å². The molecule has 1 heterocycles. The summed E-state index contributed by atoms with van der Waals surface area (Å²) in [6.07, 6.45) is 1.70. The Hall–Kier alpha value is -1.76. The molecule has 0 aromatic carbocycles. The third kappa shape index (κ3) is 2.34. The van der Waals surface area contributed by atoms with Gasteiger partial charge in [-0.25, -0.2) is 4.85 Å². The van der Waals surface area contributed by atoms with Crippen molar-refractivity contribution in [2.24, 2.45) is 0 Å². The molecule has 0 aliphatic carbocycles. The molecule has 0 saturated carbocycles. The molecule has 0 spiro atoms. The van der Waals surface area contributed by atoms with Gasteiger partial charge in [0.1, 0.15) is 0 Å². The average molecular weight is 177 g/mol. The van der Waals surface area contributed by atoms with Crippen molar-refractivity contribution < 1.29 is 4.52 Å². The van der Waals surface area contributed by atoms with Crippen molar-refractivity contribution >= 4 is 5.70 Å². The fourth-order valence-electron chi connectivity index (χ4n) is 0.876. The lowest BCUT2D eigenvalue weighted by Crippen LogP contribution is -2.01. The van der Waals surface area contributed by atoms with Gasteiger partial charge in [0.25, 0.3) is 0 Å². The van der Waals surface area contributed by atoms with E-state index in [1.54, 1.807) is 17.2 Å². The summed E-state index contributed by atoms with van der Waals surface area (Å²) >= 11 is 0. The fourth-order valence-corrected chi connectivity index (χ4v) is 0.876. The van der Waals surface area contributed by atoms with Crippen molar-refractivity contribution in [1.82, 2.24) is 10.1 Å². The zero-order valence-electron chi connectivity index (χ0n) is 7.90. The standard InChI is InChI=1S/C9H11N3O/c1-7-5-9(13-11-7)8(10-2)6-12(3)4/h5-6H,1,3-4H3/b8-6-. The van der Waals surface area contributed by atoms with E-state index in [1.165, 1.54) is 0 Å². The van der Waals surface area contributed by atoms with Crippen molar-refractivity contribution in [3.63, 3.8) is 0 Å². The molecule has 68 valence electrons. The normalized spacial score (nSPS) is 11.1. The third-order valence-corrected chi connectivity index (χ3v) is 1.38. The van der Waals surface area contributed by atoms with Crippen LogP contribution in [0, 0.1) is 13.5 Å². The molecule has 1 aromatic rings. The molecule has 0 N–H and O–H groups in total. The minimum Gasteiger partial charge on any atom is -0.393 e. The number of aryl methyl sites for hydroxylation is 1. The fraction of sp³-hybridized carbons (Fsp3) is 0.333. The van der Waals surface area contributed by atoms with Crippen LogP contribution in [0.1, 0.15) is 11.5 Å². The number of hydrogen-bond acceptors (Lipinski definition) is 3. The smallest absolute Gasteiger partial charge is 0.246 e. The SMILES string of the molecule is [C-]#[N+]/C(=C\N(C)C)c1cc(C)no1. The van der Waals surface area contributed by atoms with Crippen molar-refractivity contribution in [2.45, 2.75) is 6.92 Å². The van der Waals surface area contributed by atoms with Gasteiger partial charge < -0.3 is 9.42 Å². The molecule has 4 nitrogen and oxygen atoms in total. The first-order valence-corrected chi connectivity index (χ1v) is 3.83. The van der Waals surface area contributed by atoms with E-state index in [1.807, 2.05) is 21.0 Å². The van der Waals surface area contributed by atoms with Gasteiger partial charge in [-0.3, -0.25) is 0 Å². The Balaban J connectivity index is 2.99. The molecule has 0 aliphatic rings. The van der Waals surface area contributed by atoms with Crippen LogP contribution < -0.4 is 0 Å². The summed E-state index contributed by atoms with van der Waals surface area (Å²) < 4.78 is 4.96. The van der Waals surface area contributed by atoms with Crippen molar-refractivity contribution in [3.8, 4) is 0 Å². The molecule has 4 heteroatoms. The molecular formula is C9H11N3O. The molecule has 0 radical (unpaired) electrons. The molecule has 13 heavy (non-hydrogen) atoms. The lowest BCUT2D eigenvalue weighted by atomic mass is 10.3. The number of hydrogen-bond donors (Lipinski definition) is 0. The van der Waals surface area contributed by atoms with Gasteiger partial charge in [0.2, 0.25) is 5.70 Å². The van der Waals surface area contributed by atoms with Gasteiger partial charge in [0.05, 0.1) is 12.3 Å². The Morgan fingerprint density at radius 2 is 2.38 bits per heavy atom. The highest BCUT2D eigenvalue weighted by Crippen LogP contribution is 2.16. The Morgan fingerprint density at radius 3 is 2.77 bits per heavy atom. The molecule has 0 amide bonds. The summed E-state index contributed by atoms with van der Waals surface area (Å²) in [5.41, 5.74) is 1.24. The van der Waals surface area contributed by atoms with Crippen LogP contribution in [0.3, 0.4) is 0 Å². The van der Waals surface area contributed by atoms with Gasteiger partial charge in [-0.1, -0.05) is 5.16 Å². The first-order valence-electron chi connectivity index (χ1n) is 3.83.